The van der Waals surface area contributed by atoms with Gasteiger partial charge < -0.3 is 5.11 Å². The van der Waals surface area contributed by atoms with Crippen LogP contribution in [0.25, 0.3) is 16.5 Å². The first-order valence-electron chi connectivity index (χ1n) is 10.4. The highest BCUT2D eigenvalue weighted by atomic mass is 35.5. The van der Waals surface area contributed by atoms with Gasteiger partial charge in [-0.25, -0.2) is 0 Å². The van der Waals surface area contributed by atoms with Crippen molar-refractivity contribution in [3.05, 3.63) is 112 Å². The smallest absolute Gasteiger partial charge is 0.300 e. The number of pyridine rings is 1. The molecule has 1 fully saturated rings. The lowest BCUT2D eigenvalue weighted by Gasteiger charge is -2.26. The second kappa shape index (κ2) is 8.19. The van der Waals surface area contributed by atoms with Crippen LogP contribution in [0.4, 0.5) is 5.69 Å². The van der Waals surface area contributed by atoms with Crippen molar-refractivity contribution in [1.29, 1.82) is 0 Å². The van der Waals surface area contributed by atoms with E-state index in [0.29, 0.717) is 22.0 Å². The van der Waals surface area contributed by atoms with Crippen LogP contribution in [0.2, 0.25) is 5.02 Å². The minimum absolute atomic E-state index is 0.00615. The molecule has 6 heteroatoms. The third-order valence-corrected chi connectivity index (χ3v) is 6.10. The van der Waals surface area contributed by atoms with E-state index in [-0.39, 0.29) is 11.3 Å². The fourth-order valence-electron chi connectivity index (χ4n) is 4.23. The number of anilines is 1. The molecule has 4 aromatic rings. The van der Waals surface area contributed by atoms with E-state index in [0.717, 1.165) is 16.3 Å². The summed E-state index contributed by atoms with van der Waals surface area (Å²) >= 11 is 6.22. The van der Waals surface area contributed by atoms with Crippen LogP contribution in [0.15, 0.2) is 90.6 Å². The van der Waals surface area contributed by atoms with E-state index in [2.05, 4.69) is 4.98 Å². The zero-order chi connectivity index (χ0) is 23.1. The lowest BCUT2D eigenvalue weighted by atomic mass is 9.96. The minimum Gasteiger partial charge on any atom is -0.507 e. The first-order chi connectivity index (χ1) is 16.0. The van der Waals surface area contributed by atoms with Crippen molar-refractivity contribution in [2.45, 2.75) is 13.0 Å². The Labute approximate surface area is 195 Å². The number of rotatable bonds is 3. The fraction of sp³-hybridized carbons (Fsp3) is 0.0741. The number of aliphatic hydroxyl groups is 1. The summed E-state index contributed by atoms with van der Waals surface area (Å²) in [6.45, 7) is 1.84. The molecule has 1 aromatic heterocycles. The average Bonchev–Trinajstić information content (AvgIpc) is 3.10. The molecule has 0 spiro atoms. The summed E-state index contributed by atoms with van der Waals surface area (Å²) in [6, 6.07) is 22.7. The molecule has 0 aliphatic carbocycles. The SMILES string of the molecule is Cc1ccc(Cl)cc1N1C(=O)C(=O)/C(=C(\O)c2ccc3ccccc3c2)C1c1ccccn1. The Balaban J connectivity index is 1.75. The molecule has 1 unspecified atom stereocenters. The molecule has 1 amide bonds. The molecule has 1 saturated heterocycles. The molecule has 5 nitrogen and oxygen atoms in total. The van der Waals surface area contributed by atoms with Crippen LogP contribution in [0.5, 0.6) is 0 Å². The predicted molar refractivity (Wildman–Crippen MR) is 129 cm³/mol. The third-order valence-electron chi connectivity index (χ3n) is 5.87. The first kappa shape index (κ1) is 20.9. The minimum atomic E-state index is -0.894. The molecule has 1 N–H and O–H groups in total. The van der Waals surface area contributed by atoms with Gasteiger partial charge in [-0.15, -0.1) is 0 Å². The molecule has 1 atom stereocenters. The summed E-state index contributed by atoms with van der Waals surface area (Å²) in [7, 11) is 0. The second-order valence-electron chi connectivity index (χ2n) is 7.92. The number of carbonyl (C=O) groups excluding carboxylic acids is 2. The summed E-state index contributed by atoms with van der Waals surface area (Å²) in [5.74, 6) is -1.74. The van der Waals surface area contributed by atoms with E-state index in [9.17, 15) is 14.7 Å². The number of aryl methyl sites for hydroxylation is 1. The highest BCUT2D eigenvalue weighted by Gasteiger charge is 2.48. The van der Waals surface area contributed by atoms with E-state index in [1.165, 1.54) is 4.90 Å². The Kier molecular flexibility index (Phi) is 5.19. The van der Waals surface area contributed by atoms with Gasteiger partial charge in [-0.1, -0.05) is 60.1 Å². The average molecular weight is 455 g/mol. The van der Waals surface area contributed by atoms with Gasteiger partial charge in [0.2, 0.25) is 0 Å². The number of ketones is 1. The molecule has 2 heterocycles. The van der Waals surface area contributed by atoms with E-state index in [1.54, 1.807) is 54.7 Å². The molecular weight excluding hydrogens is 436 g/mol. The van der Waals surface area contributed by atoms with E-state index in [1.807, 2.05) is 37.3 Å². The zero-order valence-corrected chi connectivity index (χ0v) is 18.5. The van der Waals surface area contributed by atoms with Gasteiger partial charge in [0, 0.05) is 22.5 Å². The molecule has 1 aliphatic rings. The Bertz CT molecular complexity index is 1450. The Morgan fingerprint density at radius 2 is 1.70 bits per heavy atom. The van der Waals surface area contributed by atoms with Crippen molar-refractivity contribution in [2.75, 3.05) is 4.90 Å². The molecule has 0 radical (unpaired) electrons. The number of benzene rings is 3. The van der Waals surface area contributed by atoms with Crippen LogP contribution in [0.1, 0.15) is 22.9 Å². The van der Waals surface area contributed by atoms with Crippen molar-refractivity contribution < 1.29 is 14.7 Å². The number of amides is 1. The number of hydrogen-bond donors (Lipinski definition) is 1. The monoisotopic (exact) mass is 454 g/mol. The molecule has 33 heavy (non-hydrogen) atoms. The number of aromatic nitrogens is 1. The lowest BCUT2D eigenvalue weighted by molar-refractivity contribution is -0.132. The normalized spacial score (nSPS) is 17.6. The quantitative estimate of drug-likeness (QED) is 0.240. The maximum atomic E-state index is 13.3. The number of carbonyl (C=O) groups is 2. The van der Waals surface area contributed by atoms with Crippen LogP contribution >= 0.6 is 11.6 Å². The zero-order valence-electron chi connectivity index (χ0n) is 17.7. The summed E-state index contributed by atoms with van der Waals surface area (Å²) < 4.78 is 0. The summed E-state index contributed by atoms with van der Waals surface area (Å²) in [5.41, 5.74) is 2.19. The van der Waals surface area contributed by atoms with Gasteiger partial charge in [0.05, 0.1) is 11.3 Å². The van der Waals surface area contributed by atoms with Crippen molar-refractivity contribution in [3.8, 4) is 0 Å². The topological polar surface area (TPSA) is 70.5 Å². The van der Waals surface area contributed by atoms with E-state index in [4.69, 9.17) is 11.6 Å². The summed E-state index contributed by atoms with van der Waals surface area (Å²) in [5, 5.41) is 13.7. The van der Waals surface area contributed by atoms with Crippen molar-refractivity contribution in [3.63, 3.8) is 0 Å². The molecule has 0 bridgehead atoms. The molecule has 1 aliphatic heterocycles. The Morgan fingerprint density at radius 3 is 2.45 bits per heavy atom. The highest BCUT2D eigenvalue weighted by molar-refractivity contribution is 6.52. The van der Waals surface area contributed by atoms with Gasteiger partial charge in [-0.3, -0.25) is 19.5 Å². The van der Waals surface area contributed by atoms with Crippen LogP contribution < -0.4 is 4.90 Å². The number of nitrogens with zero attached hydrogens (tertiary/aromatic N) is 2. The summed E-state index contributed by atoms with van der Waals surface area (Å²) in [4.78, 5) is 32.3. The van der Waals surface area contributed by atoms with Gasteiger partial charge in [0.15, 0.2) is 0 Å². The van der Waals surface area contributed by atoms with Crippen LogP contribution in [0, 0.1) is 6.92 Å². The molecular formula is C27H19ClN2O3. The predicted octanol–water partition coefficient (Wildman–Crippen LogP) is 5.82. The highest BCUT2D eigenvalue weighted by Crippen LogP contribution is 2.43. The lowest BCUT2D eigenvalue weighted by Crippen LogP contribution is -2.30. The second-order valence-corrected chi connectivity index (χ2v) is 8.35. The number of hydrogen-bond acceptors (Lipinski definition) is 4. The van der Waals surface area contributed by atoms with Gasteiger partial charge in [-0.2, -0.15) is 0 Å². The molecule has 0 saturated carbocycles. The van der Waals surface area contributed by atoms with Gasteiger partial charge in [-0.05, 0) is 53.6 Å². The molecule has 162 valence electrons. The number of halogens is 1. The number of Topliss-reactive ketones (excluding diaryl/α,β-unsaturated/α-hetero) is 1. The van der Waals surface area contributed by atoms with Crippen LogP contribution in [-0.2, 0) is 9.59 Å². The van der Waals surface area contributed by atoms with E-state index >= 15 is 0 Å². The fourth-order valence-corrected chi connectivity index (χ4v) is 4.40. The summed E-state index contributed by atoms with van der Waals surface area (Å²) in [6.07, 6.45) is 1.59. The maximum absolute atomic E-state index is 13.3. The largest absolute Gasteiger partial charge is 0.507 e. The maximum Gasteiger partial charge on any atom is 0.300 e. The van der Waals surface area contributed by atoms with Crippen molar-refractivity contribution in [2.24, 2.45) is 0 Å². The van der Waals surface area contributed by atoms with Crippen LogP contribution in [-0.4, -0.2) is 21.8 Å². The van der Waals surface area contributed by atoms with Gasteiger partial charge in [0.1, 0.15) is 11.8 Å². The number of aliphatic hydroxyl groups excluding tert-OH is 1. The Morgan fingerprint density at radius 1 is 0.939 bits per heavy atom. The number of fused-ring (bicyclic) bond motifs is 1. The van der Waals surface area contributed by atoms with Crippen molar-refractivity contribution in [1.82, 2.24) is 4.98 Å². The van der Waals surface area contributed by atoms with Gasteiger partial charge in [0.25, 0.3) is 11.7 Å². The molecule has 3 aromatic carbocycles. The first-order valence-corrected chi connectivity index (χ1v) is 10.8. The third kappa shape index (κ3) is 3.56. The standard InChI is InChI=1S/C27H19ClN2O3/c1-16-9-12-20(28)15-22(16)30-24(21-8-4-5-13-29-21)23(26(32)27(30)33)25(31)19-11-10-17-6-2-3-7-18(17)14-19/h2-15,24,31H,1H3/b25-23-. The van der Waals surface area contributed by atoms with Gasteiger partial charge >= 0.3 is 0 Å². The Hall–Kier alpha value is -3.96. The molecule has 5 rings (SSSR count). The van der Waals surface area contributed by atoms with E-state index < -0.39 is 17.7 Å². The van der Waals surface area contributed by atoms with Crippen molar-refractivity contribution >= 4 is 45.5 Å². The van der Waals surface area contributed by atoms with Crippen LogP contribution in [0.3, 0.4) is 0 Å².